The number of hydrogen-bond acceptors (Lipinski definition) is 7. The summed E-state index contributed by atoms with van der Waals surface area (Å²) in [6, 6.07) is 3.58. The Kier molecular flexibility index (Phi) is 4.86. The number of nitrogens with zero attached hydrogens (tertiary/aromatic N) is 6. The van der Waals surface area contributed by atoms with E-state index in [2.05, 4.69) is 19.9 Å². The van der Waals surface area contributed by atoms with Gasteiger partial charge in [0.1, 0.15) is 11.1 Å². The van der Waals surface area contributed by atoms with Crippen molar-refractivity contribution < 1.29 is 4.74 Å². The minimum Gasteiger partial charge on any atom is -0.496 e. The van der Waals surface area contributed by atoms with Gasteiger partial charge in [-0.2, -0.15) is 0 Å². The van der Waals surface area contributed by atoms with Gasteiger partial charge in [0.2, 0.25) is 0 Å². The molecule has 0 N–H and O–H groups in total. The Morgan fingerprint density at radius 2 is 1.90 bits per heavy atom. The molecule has 4 aromatic rings. The van der Waals surface area contributed by atoms with Crippen LogP contribution in [0.25, 0.3) is 22.4 Å². The van der Waals surface area contributed by atoms with Gasteiger partial charge in [-0.15, -0.1) is 0 Å². The van der Waals surface area contributed by atoms with Crippen LogP contribution in [-0.4, -0.2) is 36.2 Å². The zero-order valence-corrected chi connectivity index (χ0v) is 17.1. The molecule has 0 aromatic carbocycles. The van der Waals surface area contributed by atoms with Crippen LogP contribution in [0.4, 0.5) is 0 Å². The van der Waals surface area contributed by atoms with Gasteiger partial charge in [0, 0.05) is 48.5 Å². The van der Waals surface area contributed by atoms with Crippen molar-refractivity contribution in [3.05, 3.63) is 74.6 Å². The fourth-order valence-corrected chi connectivity index (χ4v) is 3.44. The molecular formula is C21H20N6O3. The molecule has 9 nitrogen and oxygen atoms in total. The monoisotopic (exact) mass is 404 g/mol. The van der Waals surface area contributed by atoms with E-state index in [1.807, 2.05) is 19.9 Å². The van der Waals surface area contributed by atoms with E-state index in [0.29, 0.717) is 22.8 Å². The second kappa shape index (κ2) is 7.51. The summed E-state index contributed by atoms with van der Waals surface area (Å²) >= 11 is 0. The average Bonchev–Trinajstić information content (AvgIpc) is 2.77. The lowest BCUT2D eigenvalue weighted by Crippen LogP contribution is -2.40. The zero-order chi connectivity index (χ0) is 21.4. The van der Waals surface area contributed by atoms with Gasteiger partial charge in [0.05, 0.1) is 19.3 Å². The highest BCUT2D eigenvalue weighted by Crippen LogP contribution is 2.24. The normalized spacial score (nSPS) is 11.1. The predicted molar refractivity (Wildman–Crippen MR) is 112 cm³/mol. The van der Waals surface area contributed by atoms with E-state index in [1.54, 1.807) is 38.8 Å². The van der Waals surface area contributed by atoms with Gasteiger partial charge in [-0.25, -0.2) is 14.8 Å². The van der Waals surface area contributed by atoms with Crippen LogP contribution < -0.4 is 16.0 Å². The Morgan fingerprint density at radius 3 is 2.60 bits per heavy atom. The van der Waals surface area contributed by atoms with Crippen LogP contribution >= 0.6 is 0 Å². The van der Waals surface area contributed by atoms with Crippen LogP contribution in [0.15, 0.2) is 46.5 Å². The molecular weight excluding hydrogens is 384 g/mol. The molecule has 0 aliphatic carbocycles. The summed E-state index contributed by atoms with van der Waals surface area (Å²) in [6.07, 6.45) is 6.38. The van der Waals surface area contributed by atoms with E-state index < -0.39 is 11.2 Å². The predicted octanol–water partition coefficient (Wildman–Crippen LogP) is 1.62. The van der Waals surface area contributed by atoms with Crippen molar-refractivity contribution in [2.45, 2.75) is 20.4 Å². The summed E-state index contributed by atoms with van der Waals surface area (Å²) in [5.74, 6) is 1.08. The van der Waals surface area contributed by atoms with Gasteiger partial charge in [-0.3, -0.25) is 23.9 Å². The molecule has 0 unspecified atom stereocenters. The highest BCUT2D eigenvalue weighted by molar-refractivity contribution is 5.75. The van der Waals surface area contributed by atoms with Crippen molar-refractivity contribution in [3.63, 3.8) is 0 Å². The van der Waals surface area contributed by atoms with E-state index in [4.69, 9.17) is 4.74 Å². The number of fused-ring (bicyclic) bond motifs is 1. The maximum atomic E-state index is 13.1. The van der Waals surface area contributed by atoms with E-state index >= 15 is 0 Å². The van der Waals surface area contributed by atoms with Crippen LogP contribution in [0, 0.1) is 13.8 Å². The molecule has 0 spiro atoms. The third-order valence-electron chi connectivity index (χ3n) is 5.06. The molecule has 0 bridgehead atoms. The number of rotatable bonds is 4. The lowest BCUT2D eigenvalue weighted by atomic mass is 10.1. The van der Waals surface area contributed by atoms with E-state index in [9.17, 15) is 9.59 Å². The Morgan fingerprint density at radius 1 is 1.10 bits per heavy atom. The van der Waals surface area contributed by atoms with E-state index in [0.717, 1.165) is 15.7 Å². The number of pyridine rings is 2. The topological polar surface area (TPSA) is 105 Å². The highest BCUT2D eigenvalue weighted by atomic mass is 16.5. The molecule has 0 fully saturated rings. The second-order valence-electron chi connectivity index (χ2n) is 6.95. The molecule has 152 valence electrons. The number of aromatic nitrogens is 6. The van der Waals surface area contributed by atoms with Gasteiger partial charge in [-0.1, -0.05) is 0 Å². The zero-order valence-electron chi connectivity index (χ0n) is 17.1. The van der Waals surface area contributed by atoms with Gasteiger partial charge < -0.3 is 4.74 Å². The molecule has 30 heavy (non-hydrogen) atoms. The molecule has 0 atom stereocenters. The molecule has 0 aliphatic heterocycles. The number of aryl methyl sites for hydroxylation is 2. The summed E-state index contributed by atoms with van der Waals surface area (Å²) in [4.78, 5) is 43.3. The van der Waals surface area contributed by atoms with Crippen LogP contribution in [0.5, 0.6) is 5.75 Å². The summed E-state index contributed by atoms with van der Waals surface area (Å²) < 4.78 is 7.91. The van der Waals surface area contributed by atoms with E-state index in [-0.39, 0.29) is 17.6 Å². The molecule has 0 saturated heterocycles. The first kappa shape index (κ1) is 19.4. The highest BCUT2D eigenvalue weighted by Gasteiger charge is 2.17. The second-order valence-corrected chi connectivity index (χ2v) is 6.95. The molecule has 4 aromatic heterocycles. The van der Waals surface area contributed by atoms with Crippen molar-refractivity contribution in [1.29, 1.82) is 0 Å². The minimum absolute atomic E-state index is 0.0221. The number of hydrogen-bond donors (Lipinski definition) is 0. The Bertz CT molecular complexity index is 1380. The van der Waals surface area contributed by atoms with E-state index in [1.165, 1.54) is 10.8 Å². The molecule has 0 saturated carbocycles. The number of ether oxygens (including phenoxy) is 1. The third-order valence-corrected chi connectivity index (χ3v) is 5.06. The molecule has 0 amide bonds. The quantitative estimate of drug-likeness (QED) is 0.509. The third kappa shape index (κ3) is 3.14. The molecule has 0 radical (unpaired) electrons. The molecule has 4 rings (SSSR count). The van der Waals surface area contributed by atoms with Gasteiger partial charge in [-0.05, 0) is 26.0 Å². The smallest absolute Gasteiger partial charge is 0.332 e. The molecule has 0 aliphatic rings. The van der Waals surface area contributed by atoms with Gasteiger partial charge >= 0.3 is 5.69 Å². The van der Waals surface area contributed by atoms with Crippen molar-refractivity contribution in [3.8, 4) is 17.1 Å². The lowest BCUT2D eigenvalue weighted by molar-refractivity contribution is 0.406. The van der Waals surface area contributed by atoms with Crippen molar-refractivity contribution in [2.24, 2.45) is 7.05 Å². The fourth-order valence-electron chi connectivity index (χ4n) is 3.44. The Hall–Kier alpha value is -3.88. The first-order valence-electron chi connectivity index (χ1n) is 9.28. The van der Waals surface area contributed by atoms with Crippen LogP contribution in [0.2, 0.25) is 0 Å². The number of methoxy groups -OCH3 is 1. The molecule has 4 heterocycles. The van der Waals surface area contributed by atoms with Crippen LogP contribution in [0.1, 0.15) is 16.8 Å². The Labute approximate surface area is 171 Å². The SMILES string of the molecule is COc1c(C)cnc(Cn2c(=O)c3cnc(-c4cccnc4)nc3n(C)c2=O)c1C. The standard InChI is InChI=1S/C21H20N6O3/c1-12-8-23-16(13(2)17(12)30-4)11-27-20(28)15-10-24-18(14-6-5-7-22-9-14)25-19(15)26(3)21(27)29/h5-10H,11H2,1-4H3. The first-order chi connectivity index (χ1) is 14.4. The maximum absolute atomic E-state index is 13.1. The van der Waals surface area contributed by atoms with Crippen LogP contribution in [-0.2, 0) is 13.6 Å². The van der Waals surface area contributed by atoms with Crippen molar-refractivity contribution in [1.82, 2.24) is 29.1 Å². The van der Waals surface area contributed by atoms with Crippen LogP contribution in [0.3, 0.4) is 0 Å². The van der Waals surface area contributed by atoms with Crippen molar-refractivity contribution >= 4 is 11.0 Å². The summed E-state index contributed by atoms with van der Waals surface area (Å²) in [5.41, 5.74) is 2.27. The lowest BCUT2D eigenvalue weighted by Gasteiger charge is -2.14. The van der Waals surface area contributed by atoms with Gasteiger partial charge in [0.25, 0.3) is 5.56 Å². The summed E-state index contributed by atoms with van der Waals surface area (Å²) in [7, 11) is 3.16. The van der Waals surface area contributed by atoms with Gasteiger partial charge in [0.15, 0.2) is 11.5 Å². The minimum atomic E-state index is -0.482. The largest absolute Gasteiger partial charge is 0.496 e. The fraction of sp³-hybridized carbons (Fsp3) is 0.238. The average molecular weight is 404 g/mol. The maximum Gasteiger partial charge on any atom is 0.332 e. The summed E-state index contributed by atoms with van der Waals surface area (Å²) in [6.45, 7) is 3.77. The first-order valence-corrected chi connectivity index (χ1v) is 9.28. The Balaban J connectivity index is 1.87. The summed E-state index contributed by atoms with van der Waals surface area (Å²) in [5, 5.41) is 0.251. The van der Waals surface area contributed by atoms with Crippen molar-refractivity contribution in [2.75, 3.05) is 7.11 Å². The molecule has 9 heteroatoms.